The minimum Gasteiger partial charge on any atom is -0.361 e. The summed E-state index contributed by atoms with van der Waals surface area (Å²) in [7, 11) is 0. The zero-order chi connectivity index (χ0) is 73.6. The molecule has 18 heteroatoms. The Balaban J connectivity index is 0.0000000931. The predicted octanol–water partition coefficient (Wildman–Crippen LogP) is 16.9. The zero-order valence-electron chi connectivity index (χ0n) is 60.5. The zero-order valence-corrected chi connectivity index (χ0v) is 62.2. The van der Waals surface area contributed by atoms with E-state index < -0.39 is 0 Å². The number of aryl methyl sites for hydroxylation is 8. The molecule has 8 aliphatic rings. The molecule has 8 N–H and O–H groups in total. The van der Waals surface area contributed by atoms with Gasteiger partial charge in [0.2, 0.25) is 23.6 Å². The number of hydrogen-bond donors (Lipinski definition) is 8. The number of aromatic nitrogens is 8. The van der Waals surface area contributed by atoms with Crippen molar-refractivity contribution >= 4 is 145 Å². The number of para-hydroxylation sites is 8. The van der Waals surface area contributed by atoms with E-state index in [4.69, 9.17) is 24.4 Å². The van der Waals surface area contributed by atoms with Gasteiger partial charge in [-0.15, -0.1) is 0 Å². The molecule has 8 aromatic heterocycles. The molecular weight excluding hydrogens is 1400 g/mol. The van der Waals surface area contributed by atoms with Crippen LogP contribution in [0.1, 0.15) is 140 Å². The first kappa shape index (κ1) is 66.4. The summed E-state index contributed by atoms with van der Waals surface area (Å²) >= 11 is 11.3. The largest absolute Gasteiger partial charge is 0.361 e. The molecule has 4 fully saturated rings. The van der Waals surface area contributed by atoms with Crippen molar-refractivity contribution in [2.24, 2.45) is 0 Å². The molecule has 544 valence electrons. The second-order valence-electron chi connectivity index (χ2n) is 31.2. The number of carbonyl (C=O) groups is 4. The van der Waals surface area contributed by atoms with E-state index in [1.165, 1.54) is 101 Å². The summed E-state index contributed by atoms with van der Waals surface area (Å²) in [5.41, 5.74) is 24.4. The Morgan fingerprint density at radius 3 is 0.973 bits per heavy atom. The number of rotatable bonds is 8. The number of thiocarbonyl (C=S) groups is 2. The van der Waals surface area contributed by atoms with E-state index in [9.17, 15) is 19.2 Å². The number of hydrogen-bond acceptors (Lipinski definition) is 6. The van der Waals surface area contributed by atoms with Crippen molar-refractivity contribution in [3.63, 3.8) is 0 Å². The van der Waals surface area contributed by atoms with Gasteiger partial charge in [-0.3, -0.25) is 19.2 Å². The quantitative estimate of drug-likeness (QED) is 0.0696. The van der Waals surface area contributed by atoms with E-state index in [-0.39, 0.29) is 71.0 Å². The lowest BCUT2D eigenvalue weighted by atomic mass is 9.83. The van der Waals surface area contributed by atoms with Gasteiger partial charge in [-0.2, -0.15) is 0 Å². The van der Waals surface area contributed by atoms with Crippen LogP contribution in [-0.2, 0) is 71.0 Å². The van der Waals surface area contributed by atoms with Gasteiger partial charge in [0.15, 0.2) is 0 Å². The van der Waals surface area contributed by atoms with Crippen molar-refractivity contribution in [3.05, 3.63) is 286 Å². The SMILES string of the molecule is O=C1NC(=S)[C@@H](c2c[nH]c3ccccc23)[C@@H]1c1cn2c3c(cccc13)CCC2.O=C1NC(=S)[C@@H](c2cn3c4c(cccc24)CCC3)[C@@H]1c1c[nH]c2ccccc12.O=C1NC[C@@H](c2c[nH]c3ccccc23)[C@@H]1c1cn2c3c(cccc13)CCC2.O=C1NC[C@@H](c2cn3c4c(cccc24)CCC3)[C@@H]1c1c[nH]c2ccccc12. The van der Waals surface area contributed by atoms with Gasteiger partial charge in [0.25, 0.3) is 0 Å². The highest BCUT2D eigenvalue weighted by Gasteiger charge is 2.47. The summed E-state index contributed by atoms with van der Waals surface area (Å²) in [6, 6.07) is 59.1. The van der Waals surface area contributed by atoms with Crippen LogP contribution in [0, 0.1) is 0 Å². The first-order valence-corrected chi connectivity index (χ1v) is 39.8. The van der Waals surface area contributed by atoms with Crippen LogP contribution in [0.4, 0.5) is 0 Å². The summed E-state index contributed by atoms with van der Waals surface area (Å²) in [5.74, 6) is -0.602. The van der Waals surface area contributed by atoms with E-state index >= 15 is 0 Å². The van der Waals surface area contributed by atoms with Crippen LogP contribution in [0.3, 0.4) is 0 Å². The topological polar surface area (TPSA) is 199 Å². The first-order chi connectivity index (χ1) is 54.1. The summed E-state index contributed by atoms with van der Waals surface area (Å²) in [6.07, 6.45) is 26.2. The van der Waals surface area contributed by atoms with Gasteiger partial charge in [0, 0.05) is 166 Å². The Bertz CT molecular complexity index is 6320. The van der Waals surface area contributed by atoms with Gasteiger partial charge in [-0.05, 0) is 142 Å². The van der Waals surface area contributed by atoms with Crippen molar-refractivity contribution < 1.29 is 19.2 Å². The van der Waals surface area contributed by atoms with Crippen LogP contribution in [0.15, 0.2) is 219 Å². The Labute approximate surface area is 644 Å². The number of benzene rings is 8. The highest BCUT2D eigenvalue weighted by Crippen LogP contribution is 2.50. The Hall–Kier alpha value is -11.9. The number of nitrogens with zero attached hydrogens (tertiary/aromatic N) is 4. The minimum absolute atomic E-state index is 0.00369. The third kappa shape index (κ3) is 10.6. The lowest BCUT2D eigenvalue weighted by Crippen LogP contribution is -2.20. The molecule has 4 amide bonds. The number of carbonyl (C=O) groups excluding carboxylic acids is 4. The second kappa shape index (κ2) is 26.5. The van der Waals surface area contributed by atoms with E-state index in [0.29, 0.717) is 23.1 Å². The fourth-order valence-electron chi connectivity index (χ4n) is 20.6. The van der Waals surface area contributed by atoms with E-state index in [0.717, 1.165) is 131 Å². The molecule has 16 heterocycles. The molecule has 110 heavy (non-hydrogen) atoms. The van der Waals surface area contributed by atoms with Gasteiger partial charge < -0.3 is 59.5 Å². The molecule has 0 spiro atoms. The van der Waals surface area contributed by atoms with Gasteiger partial charge in [0.1, 0.15) is 0 Å². The lowest BCUT2D eigenvalue weighted by molar-refractivity contribution is -0.121. The second-order valence-corrected chi connectivity index (χ2v) is 32.1. The molecule has 0 bridgehead atoms. The number of nitrogens with one attached hydrogen (secondary N) is 8. The molecule has 4 saturated heterocycles. The molecule has 0 aliphatic carbocycles. The maximum Gasteiger partial charge on any atom is 0.233 e. The third-order valence-corrected chi connectivity index (χ3v) is 26.1. The summed E-state index contributed by atoms with van der Waals surface area (Å²) in [5, 5.41) is 21.8. The highest BCUT2D eigenvalue weighted by molar-refractivity contribution is 7.80. The van der Waals surface area contributed by atoms with Crippen molar-refractivity contribution in [3.8, 4) is 0 Å². The van der Waals surface area contributed by atoms with Crippen LogP contribution in [0.25, 0.3) is 87.2 Å². The van der Waals surface area contributed by atoms with Gasteiger partial charge in [-0.25, -0.2) is 0 Å². The number of amides is 4. The minimum atomic E-state index is -0.313. The van der Waals surface area contributed by atoms with E-state index in [1.54, 1.807) is 0 Å². The Morgan fingerprint density at radius 1 is 0.282 bits per heavy atom. The Kier molecular flexibility index (Phi) is 16.0. The number of fused-ring (bicyclic) bond motifs is 4. The van der Waals surface area contributed by atoms with Crippen LogP contribution in [0.5, 0.6) is 0 Å². The monoisotopic (exact) mass is 1480 g/mol. The molecule has 16 aromatic rings. The van der Waals surface area contributed by atoms with Crippen molar-refractivity contribution in [1.82, 2.24) is 59.5 Å². The van der Waals surface area contributed by atoms with Gasteiger partial charge in [-0.1, -0.05) is 170 Å². The molecule has 0 radical (unpaired) electrons. The maximum atomic E-state index is 13.1. The van der Waals surface area contributed by atoms with Crippen molar-refractivity contribution in [1.29, 1.82) is 0 Å². The van der Waals surface area contributed by atoms with Crippen molar-refractivity contribution in [2.75, 3.05) is 13.1 Å². The third-order valence-electron chi connectivity index (χ3n) is 25.4. The van der Waals surface area contributed by atoms with Crippen LogP contribution in [0.2, 0.25) is 0 Å². The highest BCUT2D eigenvalue weighted by atomic mass is 32.1. The standard InChI is InChI=1S/2C23H19N3OS.2C23H21N3O/c27-22-19(17-12-26-10-4-6-13-5-3-8-15(17)21(13)26)20(23(28)25-22)16-11-24-18-9-2-1-7-14(16)18;27-22-19(16-11-24-18-9-2-1-7-14(16)18)20(23(28)25-22)17-12-26-10-4-6-13-5-3-8-15(17)21(13)26;27-23-21(17-11-24-20-9-2-1-7-15(17)20)18(12-25-23)19-13-26-10-4-6-14-5-3-8-16(19)22(14)26;27-23-21(18(12-25-23)17-11-24-20-9-2-1-7-15(17)20)19-13-26-10-4-6-14-5-3-8-16(19)22(14)26/h2*1-3,5,7-9,11-12,19-20,24H,4,6,10H2,(H,25,27,28);2*1-3,5,7-9,11,13,18,21,24H,4,6,10,12H2,(H,25,27)/t2*19-,20-;18-,21-;18-,21+/m0000/s1. The molecular formula is C92H80N12O4S2. The summed E-state index contributed by atoms with van der Waals surface area (Å²) in [4.78, 5) is 66.5. The molecule has 16 nitrogen and oxygen atoms in total. The molecule has 0 saturated carbocycles. The van der Waals surface area contributed by atoms with Gasteiger partial charge >= 0.3 is 0 Å². The molecule has 0 unspecified atom stereocenters. The maximum absolute atomic E-state index is 13.1. The number of aromatic amines is 4. The average molecular weight is 1480 g/mol. The van der Waals surface area contributed by atoms with Crippen LogP contribution in [-0.4, -0.2) is 84.9 Å². The molecule has 8 aromatic carbocycles. The normalized spacial score (nSPS) is 21.7. The number of H-pyrrole nitrogens is 4. The smallest absolute Gasteiger partial charge is 0.233 e. The predicted molar refractivity (Wildman–Crippen MR) is 444 cm³/mol. The Morgan fingerprint density at radius 2 is 0.564 bits per heavy atom. The molecule has 8 atom stereocenters. The van der Waals surface area contributed by atoms with Crippen LogP contribution < -0.4 is 21.3 Å². The van der Waals surface area contributed by atoms with Gasteiger partial charge in [0.05, 0.1) is 67.6 Å². The van der Waals surface area contributed by atoms with Crippen molar-refractivity contribution in [2.45, 2.75) is 125 Å². The fraction of sp³-hybridized carbons (Fsp3) is 0.239. The molecule has 8 aliphatic heterocycles. The van der Waals surface area contributed by atoms with Crippen LogP contribution >= 0.6 is 24.4 Å². The van der Waals surface area contributed by atoms with E-state index in [2.05, 4.69) is 212 Å². The molecule has 24 rings (SSSR count). The average Bonchev–Trinajstić information content (AvgIpc) is 1.59. The fourth-order valence-corrected chi connectivity index (χ4v) is 21.3. The lowest BCUT2D eigenvalue weighted by Gasteiger charge is -2.16. The summed E-state index contributed by atoms with van der Waals surface area (Å²) in [6.45, 7) is 5.53. The van der Waals surface area contributed by atoms with E-state index in [1.807, 2.05) is 67.1 Å². The summed E-state index contributed by atoms with van der Waals surface area (Å²) < 4.78 is 9.44. The first-order valence-electron chi connectivity index (χ1n) is 39.0.